The van der Waals surface area contributed by atoms with Crippen LogP contribution in [0.5, 0.6) is 0 Å². The molecule has 19 heavy (non-hydrogen) atoms. The molecule has 0 saturated heterocycles. The molecule has 0 aromatic heterocycles. The second-order valence-corrected chi connectivity index (χ2v) is 3.12. The Morgan fingerprint density at radius 2 is 1.16 bits per heavy atom. The van der Waals surface area contributed by atoms with Gasteiger partial charge in [0.25, 0.3) is 0 Å². The van der Waals surface area contributed by atoms with Gasteiger partial charge in [0.2, 0.25) is 0 Å². The Balaban J connectivity index is 0. The van der Waals surface area contributed by atoms with Crippen LogP contribution in [0.3, 0.4) is 0 Å². The Morgan fingerprint density at radius 3 is 1.37 bits per heavy atom. The van der Waals surface area contributed by atoms with Crippen molar-refractivity contribution in [2.24, 2.45) is 0 Å². The third kappa shape index (κ3) is 8.01. The standard InChI is InChI=1S/C6H12O7.C2H2O4/c7-1-2(8)3(9)4(10)5(11)6(12)13;3-1(4)2(5)6/h2-5,7-11H,1H2,(H,12,13);(H,3,4)(H,5,6)/t2-,3-,4+,5-;/m1./s1. The van der Waals surface area contributed by atoms with Crippen LogP contribution in [0.15, 0.2) is 0 Å². The van der Waals surface area contributed by atoms with E-state index in [1.807, 2.05) is 0 Å². The summed E-state index contributed by atoms with van der Waals surface area (Å²) in [6, 6.07) is 0. The Bertz CT molecular complexity index is 302. The maximum absolute atomic E-state index is 10.1. The van der Waals surface area contributed by atoms with E-state index in [1.165, 1.54) is 0 Å². The predicted molar refractivity (Wildman–Crippen MR) is 54.0 cm³/mol. The Hall–Kier alpha value is -1.79. The van der Waals surface area contributed by atoms with E-state index in [2.05, 4.69) is 0 Å². The normalized spacial score (nSPS) is 16.3. The third-order valence-electron chi connectivity index (χ3n) is 1.69. The van der Waals surface area contributed by atoms with Gasteiger partial charge in [-0.05, 0) is 0 Å². The van der Waals surface area contributed by atoms with Crippen molar-refractivity contribution in [3.05, 3.63) is 0 Å². The molecular formula is C8H14O11. The first-order valence-electron chi connectivity index (χ1n) is 4.58. The maximum Gasteiger partial charge on any atom is 0.414 e. The number of carboxylic acids is 3. The predicted octanol–water partition coefficient (Wildman–Crippen LogP) is -4.34. The fraction of sp³-hybridized carbons (Fsp3) is 0.625. The van der Waals surface area contributed by atoms with Crippen LogP contribution >= 0.6 is 0 Å². The zero-order valence-electron chi connectivity index (χ0n) is 9.32. The summed E-state index contributed by atoms with van der Waals surface area (Å²) in [5.41, 5.74) is 0. The lowest BCUT2D eigenvalue weighted by molar-refractivity contribution is -0.164. The number of hydrogen-bond donors (Lipinski definition) is 8. The van der Waals surface area contributed by atoms with Crippen molar-refractivity contribution in [1.29, 1.82) is 0 Å². The molecule has 0 heterocycles. The van der Waals surface area contributed by atoms with E-state index in [4.69, 9.17) is 50.4 Å². The molecule has 0 aliphatic heterocycles. The molecule has 112 valence electrons. The van der Waals surface area contributed by atoms with Crippen molar-refractivity contribution in [1.82, 2.24) is 0 Å². The highest BCUT2D eigenvalue weighted by atomic mass is 16.4. The molecule has 0 aromatic rings. The molecule has 11 nitrogen and oxygen atoms in total. The van der Waals surface area contributed by atoms with Crippen LogP contribution in [0.4, 0.5) is 0 Å². The number of hydrogen-bond acceptors (Lipinski definition) is 8. The minimum absolute atomic E-state index is 0.843. The van der Waals surface area contributed by atoms with E-state index in [0.717, 1.165) is 0 Å². The fourth-order valence-electron chi connectivity index (χ4n) is 0.668. The summed E-state index contributed by atoms with van der Waals surface area (Å²) >= 11 is 0. The molecule has 0 spiro atoms. The van der Waals surface area contributed by atoms with E-state index in [-0.39, 0.29) is 0 Å². The van der Waals surface area contributed by atoms with Gasteiger partial charge < -0.3 is 40.9 Å². The van der Waals surface area contributed by atoms with E-state index < -0.39 is 48.9 Å². The largest absolute Gasteiger partial charge is 0.479 e. The molecule has 8 N–H and O–H groups in total. The van der Waals surface area contributed by atoms with Crippen molar-refractivity contribution in [2.45, 2.75) is 24.4 Å². The summed E-state index contributed by atoms with van der Waals surface area (Å²) in [6.07, 6.45) is -7.84. The molecule has 0 amide bonds. The molecule has 11 heteroatoms. The average Bonchev–Trinajstić information content (AvgIpc) is 2.35. The van der Waals surface area contributed by atoms with Crippen LogP contribution < -0.4 is 0 Å². The molecule has 0 saturated carbocycles. The van der Waals surface area contributed by atoms with Crippen LogP contribution in [0.1, 0.15) is 0 Å². The van der Waals surface area contributed by atoms with E-state index in [0.29, 0.717) is 0 Å². The van der Waals surface area contributed by atoms with Crippen molar-refractivity contribution in [3.63, 3.8) is 0 Å². The number of aliphatic hydroxyl groups is 5. The maximum atomic E-state index is 10.1. The molecule has 0 rings (SSSR count). The lowest BCUT2D eigenvalue weighted by atomic mass is 10.0. The molecular weight excluding hydrogens is 272 g/mol. The molecule has 0 radical (unpaired) electrons. The van der Waals surface area contributed by atoms with Gasteiger partial charge in [-0.1, -0.05) is 0 Å². The van der Waals surface area contributed by atoms with E-state index >= 15 is 0 Å². The van der Waals surface area contributed by atoms with Gasteiger partial charge in [-0.2, -0.15) is 0 Å². The van der Waals surface area contributed by atoms with Gasteiger partial charge >= 0.3 is 17.9 Å². The molecule has 0 aliphatic rings. The smallest absolute Gasteiger partial charge is 0.414 e. The minimum atomic E-state index is -2.20. The number of aliphatic hydroxyl groups excluding tert-OH is 5. The van der Waals surface area contributed by atoms with Gasteiger partial charge in [-0.15, -0.1) is 0 Å². The average molecular weight is 286 g/mol. The molecule has 0 fully saturated rings. The number of carboxylic acid groups (broad SMARTS) is 3. The summed E-state index contributed by atoms with van der Waals surface area (Å²) in [5, 5.41) is 66.6. The van der Waals surface area contributed by atoms with Gasteiger partial charge in [0.15, 0.2) is 6.10 Å². The quantitative estimate of drug-likeness (QED) is 0.226. The second kappa shape index (κ2) is 9.18. The zero-order valence-corrected chi connectivity index (χ0v) is 9.32. The SMILES string of the molecule is O=C(O)C(=O)O.O=C(O)[C@H](O)[C@@H](O)[C@H](O)[C@H](O)CO. The highest BCUT2D eigenvalue weighted by Crippen LogP contribution is 2.04. The molecule has 0 unspecified atom stereocenters. The van der Waals surface area contributed by atoms with Crippen molar-refractivity contribution in [2.75, 3.05) is 6.61 Å². The van der Waals surface area contributed by atoms with Gasteiger partial charge in [-0.25, -0.2) is 14.4 Å². The summed E-state index contributed by atoms with van der Waals surface area (Å²) in [5.74, 6) is -5.37. The lowest BCUT2D eigenvalue weighted by Crippen LogP contribution is -2.48. The first-order valence-corrected chi connectivity index (χ1v) is 4.58. The molecule has 4 atom stereocenters. The van der Waals surface area contributed by atoms with Crippen LogP contribution in [0, 0.1) is 0 Å². The van der Waals surface area contributed by atoms with Crippen molar-refractivity contribution in [3.8, 4) is 0 Å². The molecule has 0 aromatic carbocycles. The summed E-state index contributed by atoms with van der Waals surface area (Å²) in [7, 11) is 0. The Kier molecular flexibility index (Phi) is 9.45. The molecule has 0 aliphatic carbocycles. The van der Waals surface area contributed by atoms with Crippen LogP contribution in [0.25, 0.3) is 0 Å². The highest BCUT2D eigenvalue weighted by Gasteiger charge is 2.33. The highest BCUT2D eigenvalue weighted by molar-refractivity contribution is 6.27. The van der Waals surface area contributed by atoms with Gasteiger partial charge in [0.05, 0.1) is 6.61 Å². The molecule has 0 bridgehead atoms. The number of aliphatic carboxylic acids is 3. The van der Waals surface area contributed by atoms with Gasteiger partial charge in [0, 0.05) is 0 Å². The first-order chi connectivity index (χ1) is 8.56. The minimum Gasteiger partial charge on any atom is -0.479 e. The number of rotatable bonds is 5. The van der Waals surface area contributed by atoms with Gasteiger partial charge in [-0.3, -0.25) is 0 Å². The van der Waals surface area contributed by atoms with Gasteiger partial charge in [0.1, 0.15) is 18.3 Å². The van der Waals surface area contributed by atoms with E-state index in [9.17, 15) is 4.79 Å². The lowest BCUT2D eigenvalue weighted by Gasteiger charge is -2.23. The summed E-state index contributed by atoms with van der Waals surface area (Å²) in [4.78, 5) is 28.3. The Morgan fingerprint density at radius 1 is 0.789 bits per heavy atom. The first kappa shape index (κ1) is 19.5. The monoisotopic (exact) mass is 286 g/mol. The van der Waals surface area contributed by atoms with Crippen LogP contribution in [-0.4, -0.2) is 89.8 Å². The van der Waals surface area contributed by atoms with Crippen molar-refractivity contribution >= 4 is 17.9 Å². The fourth-order valence-corrected chi connectivity index (χ4v) is 0.668. The van der Waals surface area contributed by atoms with E-state index in [1.54, 1.807) is 0 Å². The topological polar surface area (TPSA) is 213 Å². The Labute approximate surface area is 105 Å². The third-order valence-corrected chi connectivity index (χ3v) is 1.69. The van der Waals surface area contributed by atoms with Crippen molar-refractivity contribution < 1.29 is 55.2 Å². The zero-order chi connectivity index (χ0) is 15.7. The second-order valence-electron chi connectivity index (χ2n) is 3.12. The van der Waals surface area contributed by atoms with Crippen LogP contribution in [-0.2, 0) is 14.4 Å². The summed E-state index contributed by atoms with van der Waals surface area (Å²) in [6.45, 7) is -0.843. The number of carbonyl (C=O) groups is 3. The van der Waals surface area contributed by atoms with Crippen LogP contribution in [0.2, 0.25) is 0 Å². The summed E-state index contributed by atoms with van der Waals surface area (Å²) < 4.78 is 0.